The number of ether oxygens (including phenoxy) is 2. The highest BCUT2D eigenvalue weighted by Gasteiger charge is 2.15. The van der Waals surface area contributed by atoms with Crippen molar-refractivity contribution in [1.29, 1.82) is 5.26 Å². The number of likely N-dealkylation sites (N-methyl/N-ethyl adjacent to an activating group) is 1. The van der Waals surface area contributed by atoms with Crippen molar-refractivity contribution in [2.45, 2.75) is 13.5 Å². The zero-order valence-corrected chi connectivity index (χ0v) is 22.3. The van der Waals surface area contributed by atoms with Crippen LogP contribution in [-0.4, -0.2) is 43.0 Å². The number of carbonyl (C=O) groups excluding carboxylic acids is 1. The van der Waals surface area contributed by atoms with Crippen LogP contribution in [0, 0.1) is 11.3 Å². The van der Waals surface area contributed by atoms with Gasteiger partial charge in [-0.3, -0.25) is 9.78 Å². The van der Waals surface area contributed by atoms with Crippen LogP contribution in [0.25, 0.3) is 10.9 Å². The number of fused-ring (bicyclic) bond motifs is 1. The van der Waals surface area contributed by atoms with E-state index in [1.807, 2.05) is 80.5 Å². The van der Waals surface area contributed by atoms with Gasteiger partial charge in [0.2, 0.25) is 5.91 Å². The smallest absolute Gasteiger partial charge is 0.248 e. The van der Waals surface area contributed by atoms with E-state index in [9.17, 15) is 10.1 Å². The molecule has 0 aliphatic carbocycles. The van der Waals surface area contributed by atoms with Gasteiger partial charge >= 0.3 is 0 Å². The van der Waals surface area contributed by atoms with Crippen molar-refractivity contribution in [2.24, 2.45) is 0 Å². The normalized spacial score (nSPS) is 10.9. The van der Waals surface area contributed by atoms with Crippen LogP contribution in [0.4, 0.5) is 17.1 Å². The first kappa shape index (κ1) is 27.2. The summed E-state index contributed by atoms with van der Waals surface area (Å²) < 4.78 is 11.8. The highest BCUT2D eigenvalue weighted by atomic mass is 16.5. The number of amides is 1. The number of anilines is 3. The standard InChI is InChI=1S/C31H31N5O3/c1-4-38-29-18-27-26(17-28(29)35-30(37)14-9-15-36(2)3)31(23(19-32)20-33-27)34-24-12-8-13-25(16-24)39-21-22-10-6-5-7-11-22/h5-14,16-18,20H,4,15,21H2,1-3H3,(H,33,34)(H,35,37)/b14-9+. The molecule has 0 bridgehead atoms. The summed E-state index contributed by atoms with van der Waals surface area (Å²) >= 11 is 0. The Morgan fingerprint density at radius 1 is 1.08 bits per heavy atom. The number of pyridine rings is 1. The van der Waals surface area contributed by atoms with Crippen molar-refractivity contribution >= 4 is 33.9 Å². The van der Waals surface area contributed by atoms with Crippen molar-refractivity contribution in [3.05, 3.63) is 96.2 Å². The molecule has 8 nitrogen and oxygen atoms in total. The topological polar surface area (TPSA) is 99.5 Å². The Hall–Kier alpha value is -4.87. The highest BCUT2D eigenvalue weighted by molar-refractivity contribution is 6.04. The third kappa shape index (κ3) is 7.34. The molecule has 0 radical (unpaired) electrons. The van der Waals surface area contributed by atoms with Gasteiger partial charge in [0, 0.05) is 42.0 Å². The van der Waals surface area contributed by atoms with Crippen LogP contribution in [0.15, 0.2) is 85.1 Å². The third-order valence-electron chi connectivity index (χ3n) is 5.74. The Morgan fingerprint density at radius 2 is 1.90 bits per heavy atom. The van der Waals surface area contributed by atoms with Gasteiger partial charge in [-0.05, 0) is 44.8 Å². The van der Waals surface area contributed by atoms with Gasteiger partial charge in [-0.1, -0.05) is 42.5 Å². The van der Waals surface area contributed by atoms with Crippen LogP contribution < -0.4 is 20.1 Å². The lowest BCUT2D eigenvalue weighted by atomic mass is 10.1. The van der Waals surface area contributed by atoms with Gasteiger partial charge in [0.05, 0.1) is 29.1 Å². The first-order valence-electron chi connectivity index (χ1n) is 12.6. The van der Waals surface area contributed by atoms with Crippen molar-refractivity contribution in [1.82, 2.24) is 9.88 Å². The third-order valence-corrected chi connectivity index (χ3v) is 5.74. The lowest BCUT2D eigenvalue weighted by molar-refractivity contribution is -0.111. The van der Waals surface area contributed by atoms with E-state index in [1.165, 1.54) is 12.3 Å². The number of carbonyl (C=O) groups is 1. The maximum absolute atomic E-state index is 12.6. The summed E-state index contributed by atoms with van der Waals surface area (Å²) in [5.74, 6) is 0.912. The molecule has 4 rings (SSSR count). The summed E-state index contributed by atoms with van der Waals surface area (Å²) in [5.41, 5.74) is 3.87. The molecule has 1 amide bonds. The molecule has 0 saturated heterocycles. The summed E-state index contributed by atoms with van der Waals surface area (Å²) in [6.07, 6.45) is 4.80. The molecule has 0 fully saturated rings. The zero-order chi connectivity index (χ0) is 27.6. The second-order valence-corrected chi connectivity index (χ2v) is 9.04. The second-order valence-electron chi connectivity index (χ2n) is 9.04. The monoisotopic (exact) mass is 521 g/mol. The van der Waals surface area contributed by atoms with Gasteiger partial charge in [0.15, 0.2) is 0 Å². The number of nitrogens with one attached hydrogen (secondary N) is 2. The van der Waals surface area contributed by atoms with Crippen molar-refractivity contribution in [3.63, 3.8) is 0 Å². The summed E-state index contributed by atoms with van der Waals surface area (Å²) in [6, 6.07) is 23.2. The van der Waals surface area contributed by atoms with Crippen LogP contribution in [0.5, 0.6) is 11.5 Å². The van der Waals surface area contributed by atoms with Crippen LogP contribution in [0.1, 0.15) is 18.1 Å². The molecule has 0 saturated carbocycles. The molecule has 0 unspecified atom stereocenters. The van der Waals surface area contributed by atoms with E-state index in [1.54, 1.807) is 18.2 Å². The number of hydrogen-bond donors (Lipinski definition) is 2. The van der Waals surface area contributed by atoms with E-state index in [-0.39, 0.29) is 5.91 Å². The average molecular weight is 522 g/mol. The molecule has 198 valence electrons. The number of aromatic nitrogens is 1. The fourth-order valence-electron chi connectivity index (χ4n) is 3.91. The van der Waals surface area contributed by atoms with Gasteiger partial charge in [0.25, 0.3) is 0 Å². The van der Waals surface area contributed by atoms with E-state index in [2.05, 4.69) is 21.7 Å². The predicted octanol–water partition coefficient (Wildman–Crippen LogP) is 5.88. The molecule has 0 atom stereocenters. The summed E-state index contributed by atoms with van der Waals surface area (Å²) in [7, 11) is 3.86. The van der Waals surface area contributed by atoms with E-state index in [0.717, 1.165) is 11.3 Å². The molecule has 4 aromatic rings. The molecule has 1 heterocycles. The van der Waals surface area contributed by atoms with Gasteiger partial charge in [0.1, 0.15) is 24.2 Å². The quantitative estimate of drug-likeness (QED) is 0.238. The Bertz CT molecular complexity index is 1510. The van der Waals surface area contributed by atoms with Crippen molar-refractivity contribution < 1.29 is 14.3 Å². The van der Waals surface area contributed by atoms with Crippen LogP contribution in [0.2, 0.25) is 0 Å². The molecule has 0 aliphatic heterocycles. The molecule has 8 heteroatoms. The number of benzene rings is 3. The number of hydrogen-bond acceptors (Lipinski definition) is 7. The van der Waals surface area contributed by atoms with Gasteiger partial charge in [-0.25, -0.2) is 0 Å². The minimum atomic E-state index is -0.278. The maximum atomic E-state index is 12.6. The predicted molar refractivity (Wildman–Crippen MR) is 154 cm³/mol. The van der Waals surface area contributed by atoms with Crippen LogP contribution in [0.3, 0.4) is 0 Å². The van der Waals surface area contributed by atoms with E-state index >= 15 is 0 Å². The molecule has 2 N–H and O–H groups in total. The highest BCUT2D eigenvalue weighted by Crippen LogP contribution is 2.36. The molecular weight excluding hydrogens is 490 g/mol. The number of nitriles is 1. The number of nitrogens with zero attached hydrogens (tertiary/aromatic N) is 3. The summed E-state index contributed by atoms with van der Waals surface area (Å²) in [6.45, 7) is 3.38. The lowest BCUT2D eigenvalue weighted by Crippen LogP contribution is -2.13. The summed E-state index contributed by atoms with van der Waals surface area (Å²) in [4.78, 5) is 19.0. The molecule has 39 heavy (non-hydrogen) atoms. The minimum absolute atomic E-state index is 0.278. The van der Waals surface area contributed by atoms with Crippen molar-refractivity contribution in [2.75, 3.05) is 37.9 Å². The Labute approximate surface area is 228 Å². The Kier molecular flexibility index (Phi) is 9.11. The molecule has 0 spiro atoms. The molecule has 3 aromatic carbocycles. The largest absolute Gasteiger partial charge is 0.492 e. The van der Waals surface area contributed by atoms with Crippen LogP contribution in [-0.2, 0) is 11.4 Å². The molecular formula is C31H31N5O3. The fraction of sp³-hybridized carbons (Fsp3) is 0.194. The first-order valence-corrected chi connectivity index (χ1v) is 12.6. The van der Waals surface area contributed by atoms with Crippen molar-refractivity contribution in [3.8, 4) is 17.6 Å². The van der Waals surface area contributed by atoms with Gasteiger partial charge < -0.3 is 25.0 Å². The number of rotatable bonds is 11. The van der Waals surface area contributed by atoms with Crippen LogP contribution >= 0.6 is 0 Å². The second kappa shape index (κ2) is 13.1. The lowest BCUT2D eigenvalue weighted by Gasteiger charge is -2.16. The van der Waals surface area contributed by atoms with Gasteiger partial charge in [-0.15, -0.1) is 0 Å². The van der Waals surface area contributed by atoms with E-state index in [0.29, 0.717) is 59.1 Å². The fourth-order valence-corrected chi connectivity index (χ4v) is 3.91. The average Bonchev–Trinajstić information content (AvgIpc) is 2.93. The molecule has 1 aromatic heterocycles. The van der Waals surface area contributed by atoms with E-state index < -0.39 is 0 Å². The van der Waals surface area contributed by atoms with Gasteiger partial charge in [-0.2, -0.15) is 5.26 Å². The molecule has 0 aliphatic rings. The maximum Gasteiger partial charge on any atom is 0.248 e. The summed E-state index contributed by atoms with van der Waals surface area (Å²) in [5, 5.41) is 16.8. The van der Waals surface area contributed by atoms with E-state index in [4.69, 9.17) is 9.47 Å². The first-order chi connectivity index (χ1) is 19.0. The SMILES string of the molecule is CCOc1cc2ncc(C#N)c(Nc3cccc(OCc4ccccc4)c3)c2cc1NC(=O)/C=C/CN(C)C. The zero-order valence-electron chi connectivity index (χ0n) is 22.3. The Balaban J connectivity index is 1.66. The minimum Gasteiger partial charge on any atom is -0.492 e. The Morgan fingerprint density at radius 3 is 2.64 bits per heavy atom.